The van der Waals surface area contributed by atoms with Crippen molar-refractivity contribution in [2.24, 2.45) is 0 Å². The first-order valence-corrected chi connectivity index (χ1v) is 9.93. The number of rotatable bonds is 12. The van der Waals surface area contributed by atoms with Crippen LogP contribution in [0.2, 0.25) is 0 Å². The van der Waals surface area contributed by atoms with Crippen LogP contribution in [0.15, 0.2) is 36.7 Å². The van der Waals surface area contributed by atoms with Crippen molar-refractivity contribution < 1.29 is 19.0 Å². The lowest BCUT2D eigenvalue weighted by atomic mass is 10.1. The van der Waals surface area contributed by atoms with Gasteiger partial charge in [0.15, 0.2) is 17.7 Å². The highest BCUT2D eigenvalue weighted by Crippen LogP contribution is 2.21. The second-order valence-corrected chi connectivity index (χ2v) is 6.68. The van der Waals surface area contributed by atoms with Gasteiger partial charge in [-0.3, -0.25) is 0 Å². The van der Waals surface area contributed by atoms with Crippen molar-refractivity contribution in [1.82, 2.24) is 9.97 Å². The van der Waals surface area contributed by atoms with Gasteiger partial charge in [-0.25, -0.2) is 14.8 Å². The molecular formula is C22H30N2O4. The highest BCUT2D eigenvalue weighted by Gasteiger charge is 2.14. The Balaban J connectivity index is 1.80. The minimum absolute atomic E-state index is 0.432. The topological polar surface area (TPSA) is 70.5 Å². The largest absolute Gasteiger partial charge is 0.490 e. The predicted molar refractivity (Wildman–Crippen MR) is 108 cm³/mol. The Hall–Kier alpha value is -2.47. The molecule has 1 aromatic heterocycles. The molecular weight excluding hydrogens is 356 g/mol. The van der Waals surface area contributed by atoms with Gasteiger partial charge in [0.1, 0.15) is 5.75 Å². The van der Waals surface area contributed by atoms with E-state index in [1.54, 1.807) is 31.5 Å². The zero-order valence-corrected chi connectivity index (χ0v) is 17.0. The van der Waals surface area contributed by atoms with E-state index in [1.807, 2.05) is 12.1 Å². The van der Waals surface area contributed by atoms with E-state index < -0.39 is 12.1 Å². The van der Waals surface area contributed by atoms with Crippen molar-refractivity contribution >= 4 is 5.97 Å². The van der Waals surface area contributed by atoms with Crippen LogP contribution in [0, 0.1) is 0 Å². The molecule has 0 bridgehead atoms. The highest BCUT2D eigenvalue weighted by atomic mass is 16.6. The molecule has 0 saturated carbocycles. The Morgan fingerprint density at radius 3 is 2.25 bits per heavy atom. The number of methoxy groups -OCH3 is 1. The average molecular weight is 386 g/mol. The van der Waals surface area contributed by atoms with Crippen molar-refractivity contribution in [3.8, 4) is 22.9 Å². The minimum Gasteiger partial charge on any atom is -0.490 e. The van der Waals surface area contributed by atoms with Crippen LogP contribution in [0.25, 0.3) is 11.4 Å². The molecule has 0 unspecified atom stereocenters. The van der Waals surface area contributed by atoms with Gasteiger partial charge < -0.3 is 14.2 Å². The Morgan fingerprint density at radius 1 is 0.964 bits per heavy atom. The summed E-state index contributed by atoms with van der Waals surface area (Å²) in [4.78, 5) is 20.4. The number of ether oxygens (including phenoxy) is 3. The van der Waals surface area contributed by atoms with Gasteiger partial charge in [0, 0.05) is 12.7 Å². The summed E-state index contributed by atoms with van der Waals surface area (Å²) >= 11 is 0. The van der Waals surface area contributed by atoms with Crippen molar-refractivity contribution in [2.75, 3.05) is 13.7 Å². The molecule has 0 spiro atoms. The van der Waals surface area contributed by atoms with Crippen LogP contribution in [0.5, 0.6) is 11.5 Å². The fraction of sp³-hybridized carbons (Fsp3) is 0.500. The monoisotopic (exact) mass is 386 g/mol. The first-order chi connectivity index (χ1) is 13.6. The van der Waals surface area contributed by atoms with Crippen LogP contribution in [0.3, 0.4) is 0 Å². The maximum atomic E-state index is 11.7. The lowest BCUT2D eigenvalue weighted by molar-refractivity contribution is -0.144. The Morgan fingerprint density at radius 2 is 1.61 bits per heavy atom. The number of hydrogen-bond acceptors (Lipinski definition) is 6. The first-order valence-electron chi connectivity index (χ1n) is 9.93. The van der Waals surface area contributed by atoms with E-state index in [0.717, 1.165) is 12.0 Å². The van der Waals surface area contributed by atoms with Crippen molar-refractivity contribution in [3.05, 3.63) is 36.7 Å². The molecule has 0 amide bonds. The van der Waals surface area contributed by atoms with Gasteiger partial charge in [0.25, 0.3) is 0 Å². The third kappa shape index (κ3) is 7.27. The molecule has 1 aromatic carbocycles. The van der Waals surface area contributed by atoms with E-state index in [2.05, 4.69) is 16.9 Å². The molecule has 2 rings (SSSR count). The maximum Gasteiger partial charge on any atom is 0.340 e. The third-order valence-electron chi connectivity index (χ3n) is 4.41. The van der Waals surface area contributed by atoms with Crippen LogP contribution in [-0.2, 0) is 9.53 Å². The van der Waals surface area contributed by atoms with E-state index in [4.69, 9.17) is 14.2 Å². The number of esters is 1. The second kappa shape index (κ2) is 12.1. The van der Waals surface area contributed by atoms with E-state index in [1.165, 1.54) is 39.2 Å². The quantitative estimate of drug-likeness (QED) is 0.296. The molecule has 152 valence electrons. The third-order valence-corrected chi connectivity index (χ3v) is 4.41. The summed E-state index contributed by atoms with van der Waals surface area (Å²) in [5.41, 5.74) is 0.835. The molecule has 0 fully saturated rings. The SMILES string of the molecule is CCCCCCCCOc1cnc(-c2ccc(OC(=O)[C@H](C)OC)cc2)nc1. The van der Waals surface area contributed by atoms with E-state index in [0.29, 0.717) is 23.9 Å². The molecule has 1 atom stereocenters. The molecule has 0 radical (unpaired) electrons. The lowest BCUT2D eigenvalue weighted by Gasteiger charge is -2.09. The summed E-state index contributed by atoms with van der Waals surface area (Å²) < 4.78 is 15.9. The normalized spacial score (nSPS) is 11.8. The summed E-state index contributed by atoms with van der Waals surface area (Å²) in [6.45, 7) is 4.55. The van der Waals surface area contributed by atoms with Crippen LogP contribution in [-0.4, -0.2) is 35.8 Å². The lowest BCUT2D eigenvalue weighted by Crippen LogP contribution is -2.24. The van der Waals surface area contributed by atoms with Gasteiger partial charge in [-0.1, -0.05) is 39.0 Å². The molecule has 2 aromatic rings. The van der Waals surface area contributed by atoms with Crippen LogP contribution >= 0.6 is 0 Å². The molecule has 0 aliphatic rings. The second-order valence-electron chi connectivity index (χ2n) is 6.68. The van der Waals surface area contributed by atoms with Gasteiger partial charge in [-0.05, 0) is 37.6 Å². The van der Waals surface area contributed by atoms with E-state index >= 15 is 0 Å². The number of nitrogens with zero attached hydrogens (tertiary/aromatic N) is 2. The fourth-order valence-electron chi connectivity index (χ4n) is 2.58. The molecule has 6 heteroatoms. The molecule has 1 heterocycles. The van der Waals surface area contributed by atoms with Gasteiger partial charge in [0.2, 0.25) is 0 Å². The number of carbonyl (C=O) groups excluding carboxylic acids is 1. The summed E-state index contributed by atoms with van der Waals surface area (Å²) in [5, 5.41) is 0. The molecule has 0 saturated heterocycles. The van der Waals surface area contributed by atoms with Gasteiger partial charge in [-0.2, -0.15) is 0 Å². The number of aromatic nitrogens is 2. The van der Waals surface area contributed by atoms with Crippen LogP contribution in [0.1, 0.15) is 52.4 Å². The zero-order valence-electron chi connectivity index (χ0n) is 17.0. The number of hydrogen-bond donors (Lipinski definition) is 0. The highest BCUT2D eigenvalue weighted by molar-refractivity contribution is 5.77. The molecule has 28 heavy (non-hydrogen) atoms. The fourth-order valence-corrected chi connectivity index (χ4v) is 2.58. The van der Waals surface area contributed by atoms with Gasteiger partial charge in [0.05, 0.1) is 19.0 Å². The van der Waals surface area contributed by atoms with Gasteiger partial charge >= 0.3 is 5.97 Å². The van der Waals surface area contributed by atoms with Crippen LogP contribution < -0.4 is 9.47 Å². The predicted octanol–water partition coefficient (Wildman–Crippen LogP) is 4.82. The molecule has 6 nitrogen and oxygen atoms in total. The number of unbranched alkanes of at least 4 members (excludes halogenated alkanes) is 5. The standard InChI is InChI=1S/C22H30N2O4/c1-4-5-6-7-8-9-14-27-20-15-23-21(24-16-20)18-10-12-19(13-11-18)28-22(25)17(2)26-3/h10-13,15-17H,4-9,14H2,1-3H3/t17-/m0/s1. The number of benzene rings is 1. The molecule has 0 aliphatic carbocycles. The minimum atomic E-state index is -0.605. The summed E-state index contributed by atoms with van der Waals surface area (Å²) in [7, 11) is 1.47. The average Bonchev–Trinajstić information content (AvgIpc) is 2.73. The maximum absolute atomic E-state index is 11.7. The van der Waals surface area contributed by atoms with Crippen molar-refractivity contribution in [1.29, 1.82) is 0 Å². The smallest absolute Gasteiger partial charge is 0.340 e. The Bertz CT molecular complexity index is 701. The molecule has 0 aliphatic heterocycles. The first kappa shape index (κ1) is 21.8. The zero-order chi connectivity index (χ0) is 20.2. The summed E-state index contributed by atoms with van der Waals surface area (Å²) in [6, 6.07) is 7.04. The van der Waals surface area contributed by atoms with E-state index in [9.17, 15) is 4.79 Å². The Labute approximate surface area is 167 Å². The van der Waals surface area contributed by atoms with Crippen molar-refractivity contribution in [2.45, 2.75) is 58.5 Å². The van der Waals surface area contributed by atoms with Gasteiger partial charge in [-0.15, -0.1) is 0 Å². The van der Waals surface area contributed by atoms with E-state index in [-0.39, 0.29) is 0 Å². The summed E-state index contributed by atoms with van der Waals surface area (Å²) in [6.07, 6.45) is 10.2. The summed E-state index contributed by atoms with van der Waals surface area (Å²) in [5.74, 6) is 1.29. The number of carbonyl (C=O) groups is 1. The Kier molecular flexibility index (Phi) is 9.42. The van der Waals surface area contributed by atoms with Crippen molar-refractivity contribution in [3.63, 3.8) is 0 Å². The van der Waals surface area contributed by atoms with Crippen LogP contribution in [0.4, 0.5) is 0 Å². The molecule has 0 N–H and O–H groups in total.